The molecule has 1 aliphatic heterocycles. The molecule has 1 unspecified atom stereocenters. The summed E-state index contributed by atoms with van der Waals surface area (Å²) in [6, 6.07) is 7.90. The Morgan fingerprint density at radius 3 is 2.95 bits per heavy atom. The minimum atomic E-state index is -0.109. The van der Waals surface area contributed by atoms with Crippen molar-refractivity contribution >= 4 is 34.7 Å². The quantitative estimate of drug-likeness (QED) is 0.916. The molecule has 3 rings (SSSR count). The smallest absolute Gasteiger partial charge is 0.137 e. The third kappa shape index (κ3) is 2.70. The van der Waals surface area contributed by atoms with Crippen molar-refractivity contribution in [2.45, 2.75) is 18.2 Å². The minimum absolute atomic E-state index is 0.109. The van der Waals surface area contributed by atoms with E-state index in [-0.39, 0.29) is 6.04 Å². The van der Waals surface area contributed by atoms with Gasteiger partial charge in [0.25, 0.3) is 0 Å². The topological polar surface area (TPSA) is 35.2 Å². The van der Waals surface area contributed by atoms with Crippen LogP contribution in [0.25, 0.3) is 0 Å². The molecule has 5 heteroatoms. The maximum atomic E-state index is 6.41. The predicted octanol–water partition coefficient (Wildman–Crippen LogP) is 4.25. The van der Waals surface area contributed by atoms with Gasteiger partial charge in [-0.05, 0) is 41.5 Å². The Morgan fingerprint density at radius 2 is 2.20 bits per heavy atom. The normalized spacial score (nSPS) is 15.8. The van der Waals surface area contributed by atoms with E-state index in [1.54, 1.807) is 7.11 Å². The molecule has 1 aliphatic rings. The van der Waals surface area contributed by atoms with Gasteiger partial charge >= 0.3 is 0 Å². The second-order valence-electron chi connectivity index (χ2n) is 4.77. The lowest BCUT2D eigenvalue weighted by molar-refractivity contribution is 0.414. The first-order chi connectivity index (χ1) is 9.69. The maximum absolute atomic E-state index is 6.41. The Bertz CT molecular complexity index is 603. The molecule has 2 nitrogen and oxygen atoms in total. The molecule has 0 bridgehead atoms. The van der Waals surface area contributed by atoms with Crippen molar-refractivity contribution in [3.63, 3.8) is 0 Å². The standard InChI is InChI=1S/C15H16ClNOS2/c1-18-12-6-9(2-3-11(12)16)15(17)14-7-10-8-19-5-4-13(10)20-14/h2-3,6-7,15H,4-5,8,17H2,1H3. The molecule has 1 aromatic carbocycles. The second kappa shape index (κ2) is 5.98. The zero-order chi connectivity index (χ0) is 14.1. The van der Waals surface area contributed by atoms with Crippen molar-refractivity contribution in [1.82, 2.24) is 0 Å². The van der Waals surface area contributed by atoms with Crippen LogP contribution in [0.1, 0.15) is 26.9 Å². The van der Waals surface area contributed by atoms with Crippen LogP contribution in [0.3, 0.4) is 0 Å². The lowest BCUT2D eigenvalue weighted by Crippen LogP contribution is -2.10. The van der Waals surface area contributed by atoms with Crippen LogP contribution in [0.15, 0.2) is 24.3 Å². The Hall–Kier alpha value is -0.680. The summed E-state index contributed by atoms with van der Waals surface area (Å²) in [5.41, 5.74) is 8.90. The van der Waals surface area contributed by atoms with E-state index in [1.807, 2.05) is 41.3 Å². The zero-order valence-electron chi connectivity index (χ0n) is 11.2. The van der Waals surface area contributed by atoms with Crippen molar-refractivity contribution in [3.8, 4) is 5.75 Å². The second-order valence-corrected chi connectivity index (χ2v) is 7.45. The summed E-state index contributed by atoms with van der Waals surface area (Å²) in [4.78, 5) is 2.72. The summed E-state index contributed by atoms with van der Waals surface area (Å²) in [6.07, 6.45) is 1.17. The molecule has 1 aromatic heterocycles. The van der Waals surface area contributed by atoms with Gasteiger partial charge in [0.15, 0.2) is 0 Å². The van der Waals surface area contributed by atoms with Crippen molar-refractivity contribution in [2.75, 3.05) is 12.9 Å². The molecule has 0 amide bonds. The fourth-order valence-electron chi connectivity index (χ4n) is 2.36. The first-order valence-corrected chi connectivity index (χ1v) is 8.82. The van der Waals surface area contributed by atoms with Crippen molar-refractivity contribution in [1.29, 1.82) is 0 Å². The van der Waals surface area contributed by atoms with Crippen LogP contribution in [-0.2, 0) is 12.2 Å². The van der Waals surface area contributed by atoms with Gasteiger partial charge in [-0.2, -0.15) is 11.8 Å². The number of thioether (sulfide) groups is 1. The third-order valence-corrected chi connectivity index (χ3v) is 6.13. The molecule has 20 heavy (non-hydrogen) atoms. The molecule has 0 radical (unpaired) electrons. The van der Waals surface area contributed by atoms with Crippen LogP contribution in [0.4, 0.5) is 0 Å². The number of aryl methyl sites for hydroxylation is 1. The summed E-state index contributed by atoms with van der Waals surface area (Å²) in [5, 5.41) is 0.616. The van der Waals surface area contributed by atoms with Gasteiger partial charge < -0.3 is 10.5 Å². The van der Waals surface area contributed by atoms with Gasteiger partial charge in [-0.1, -0.05) is 17.7 Å². The molecule has 1 atom stereocenters. The third-order valence-electron chi connectivity index (χ3n) is 3.49. The van der Waals surface area contributed by atoms with E-state index in [1.165, 1.54) is 27.5 Å². The summed E-state index contributed by atoms with van der Waals surface area (Å²) in [6.45, 7) is 0. The molecule has 2 N–H and O–H groups in total. The molecule has 0 fully saturated rings. The lowest BCUT2D eigenvalue weighted by atomic mass is 10.1. The number of hydrogen-bond donors (Lipinski definition) is 1. The highest BCUT2D eigenvalue weighted by Crippen LogP contribution is 2.37. The molecule has 106 valence electrons. The molecule has 0 saturated heterocycles. The number of thiophene rings is 1. The zero-order valence-corrected chi connectivity index (χ0v) is 13.6. The van der Waals surface area contributed by atoms with Crippen LogP contribution in [-0.4, -0.2) is 12.9 Å². The average molecular weight is 326 g/mol. The van der Waals surface area contributed by atoms with Crippen LogP contribution in [0.2, 0.25) is 5.02 Å². The average Bonchev–Trinajstić information content (AvgIpc) is 2.91. The fourth-order valence-corrected chi connectivity index (χ4v) is 4.96. The van der Waals surface area contributed by atoms with E-state index in [9.17, 15) is 0 Å². The van der Waals surface area contributed by atoms with Gasteiger partial charge in [0.05, 0.1) is 18.2 Å². The van der Waals surface area contributed by atoms with Crippen LogP contribution < -0.4 is 10.5 Å². The number of benzene rings is 1. The molecule has 0 spiro atoms. The van der Waals surface area contributed by atoms with Crippen LogP contribution in [0.5, 0.6) is 5.75 Å². The van der Waals surface area contributed by atoms with E-state index in [2.05, 4.69) is 6.07 Å². The van der Waals surface area contributed by atoms with E-state index in [4.69, 9.17) is 22.1 Å². The summed E-state index contributed by atoms with van der Waals surface area (Å²) < 4.78 is 5.27. The lowest BCUT2D eigenvalue weighted by Gasteiger charge is -2.12. The van der Waals surface area contributed by atoms with Gasteiger partial charge in [-0.25, -0.2) is 0 Å². The Morgan fingerprint density at radius 1 is 1.35 bits per heavy atom. The van der Waals surface area contributed by atoms with Crippen LogP contribution >= 0.6 is 34.7 Å². The molecular weight excluding hydrogens is 310 g/mol. The summed E-state index contributed by atoms with van der Waals surface area (Å²) in [5.74, 6) is 3.01. The van der Waals surface area contributed by atoms with Crippen LogP contribution in [0, 0.1) is 0 Å². The molecule has 0 saturated carbocycles. The van der Waals surface area contributed by atoms with Crippen molar-refractivity contribution in [2.24, 2.45) is 5.73 Å². The first kappa shape index (κ1) is 14.3. The fraction of sp³-hybridized carbons (Fsp3) is 0.333. The van der Waals surface area contributed by atoms with E-state index >= 15 is 0 Å². The first-order valence-electron chi connectivity index (χ1n) is 6.47. The van der Waals surface area contributed by atoms with Gasteiger partial charge in [0, 0.05) is 15.5 Å². The highest BCUT2D eigenvalue weighted by Gasteiger charge is 2.19. The van der Waals surface area contributed by atoms with E-state index < -0.39 is 0 Å². The number of fused-ring (bicyclic) bond motifs is 1. The molecule has 2 heterocycles. The van der Waals surface area contributed by atoms with Gasteiger partial charge in [0.1, 0.15) is 5.75 Å². The SMILES string of the molecule is COc1cc(C(N)c2cc3c(s2)CCSC3)ccc1Cl. The minimum Gasteiger partial charge on any atom is -0.495 e. The molecule has 0 aliphatic carbocycles. The molecule has 2 aromatic rings. The Kier molecular flexibility index (Phi) is 4.26. The Labute approximate surface area is 132 Å². The highest BCUT2D eigenvalue weighted by atomic mass is 35.5. The number of halogens is 1. The summed E-state index contributed by atoms with van der Waals surface area (Å²) >= 11 is 9.90. The maximum Gasteiger partial charge on any atom is 0.137 e. The molecular formula is C15H16ClNOS2. The monoisotopic (exact) mass is 325 g/mol. The van der Waals surface area contributed by atoms with Crippen molar-refractivity contribution < 1.29 is 4.74 Å². The predicted molar refractivity (Wildman–Crippen MR) is 88.2 cm³/mol. The largest absolute Gasteiger partial charge is 0.495 e. The number of nitrogens with two attached hydrogens (primary N) is 1. The van der Waals surface area contributed by atoms with Gasteiger partial charge in [-0.15, -0.1) is 11.3 Å². The number of hydrogen-bond acceptors (Lipinski definition) is 4. The van der Waals surface area contributed by atoms with E-state index in [0.717, 1.165) is 11.3 Å². The van der Waals surface area contributed by atoms with E-state index in [0.29, 0.717) is 10.8 Å². The number of methoxy groups -OCH3 is 1. The highest BCUT2D eigenvalue weighted by molar-refractivity contribution is 7.98. The number of rotatable bonds is 3. The summed E-state index contributed by atoms with van der Waals surface area (Å²) in [7, 11) is 1.62. The Balaban J connectivity index is 1.91. The number of ether oxygens (including phenoxy) is 1. The van der Waals surface area contributed by atoms with Gasteiger partial charge in [0.2, 0.25) is 0 Å². The van der Waals surface area contributed by atoms with Gasteiger partial charge in [-0.3, -0.25) is 0 Å². The van der Waals surface area contributed by atoms with Crippen molar-refractivity contribution in [3.05, 3.63) is 50.2 Å².